The van der Waals surface area contributed by atoms with E-state index in [1.54, 1.807) is 18.2 Å². The summed E-state index contributed by atoms with van der Waals surface area (Å²) in [5, 5.41) is 10.2. The van der Waals surface area contributed by atoms with E-state index in [0.29, 0.717) is 5.56 Å². The quantitative estimate of drug-likeness (QED) is 0.838. The van der Waals surface area contributed by atoms with E-state index in [9.17, 15) is 9.50 Å². The number of hydrogen-bond donors (Lipinski definition) is 1. The molecule has 1 aliphatic carbocycles. The number of hydrogen-bond acceptors (Lipinski definition) is 1. The number of aliphatic hydroxyl groups is 1. The highest BCUT2D eigenvalue weighted by atomic mass is 19.1. The minimum absolute atomic E-state index is 0.231. The molecule has 0 amide bonds. The minimum atomic E-state index is -0.631. The lowest BCUT2D eigenvalue weighted by atomic mass is 9.77. The monoisotopic (exact) mass is 236 g/mol. The van der Waals surface area contributed by atoms with Gasteiger partial charge in [-0.25, -0.2) is 4.39 Å². The van der Waals surface area contributed by atoms with Crippen LogP contribution in [0, 0.1) is 17.7 Å². The van der Waals surface area contributed by atoms with Gasteiger partial charge in [-0.2, -0.15) is 0 Å². The molecule has 0 bridgehead atoms. The third-order valence-corrected chi connectivity index (χ3v) is 4.14. The van der Waals surface area contributed by atoms with E-state index in [-0.39, 0.29) is 11.7 Å². The predicted molar refractivity (Wildman–Crippen MR) is 67.1 cm³/mol. The fraction of sp³-hybridized carbons (Fsp3) is 0.600. The van der Waals surface area contributed by atoms with Gasteiger partial charge in [0.25, 0.3) is 0 Å². The van der Waals surface area contributed by atoms with Crippen LogP contribution in [0.3, 0.4) is 0 Å². The van der Waals surface area contributed by atoms with E-state index in [1.807, 2.05) is 0 Å². The highest BCUT2D eigenvalue weighted by molar-refractivity contribution is 5.20. The Morgan fingerprint density at radius 1 is 1.24 bits per heavy atom. The molecule has 0 aliphatic heterocycles. The molecule has 0 saturated heterocycles. The van der Waals surface area contributed by atoms with Crippen molar-refractivity contribution in [3.05, 3.63) is 35.6 Å². The summed E-state index contributed by atoms with van der Waals surface area (Å²) >= 11 is 0. The van der Waals surface area contributed by atoms with Crippen LogP contribution < -0.4 is 0 Å². The molecular formula is C15H21FO. The molecule has 1 unspecified atom stereocenters. The van der Waals surface area contributed by atoms with Crippen LogP contribution in [0.4, 0.5) is 4.39 Å². The van der Waals surface area contributed by atoms with Gasteiger partial charge in [0, 0.05) is 5.56 Å². The van der Waals surface area contributed by atoms with Gasteiger partial charge in [0.05, 0.1) is 6.10 Å². The maximum Gasteiger partial charge on any atom is 0.129 e. The van der Waals surface area contributed by atoms with Crippen molar-refractivity contribution in [3.63, 3.8) is 0 Å². The molecule has 1 aromatic rings. The Morgan fingerprint density at radius 3 is 2.47 bits per heavy atom. The molecule has 17 heavy (non-hydrogen) atoms. The maximum atomic E-state index is 13.6. The van der Waals surface area contributed by atoms with Crippen LogP contribution >= 0.6 is 0 Å². The normalized spacial score (nSPS) is 26.8. The van der Waals surface area contributed by atoms with Crippen molar-refractivity contribution in [2.45, 2.75) is 45.1 Å². The second-order valence-corrected chi connectivity index (χ2v) is 5.16. The van der Waals surface area contributed by atoms with Crippen molar-refractivity contribution in [2.24, 2.45) is 11.8 Å². The topological polar surface area (TPSA) is 20.2 Å². The molecule has 0 aromatic heterocycles. The summed E-state index contributed by atoms with van der Waals surface area (Å²) in [6, 6.07) is 6.58. The zero-order valence-electron chi connectivity index (χ0n) is 10.4. The third-order valence-electron chi connectivity index (χ3n) is 4.14. The second-order valence-electron chi connectivity index (χ2n) is 5.16. The number of rotatable bonds is 3. The van der Waals surface area contributed by atoms with Gasteiger partial charge in [0.1, 0.15) is 5.82 Å². The molecule has 0 radical (unpaired) electrons. The molecule has 1 nitrogen and oxygen atoms in total. The van der Waals surface area contributed by atoms with Crippen LogP contribution in [0.1, 0.15) is 50.7 Å². The van der Waals surface area contributed by atoms with E-state index in [0.717, 1.165) is 18.8 Å². The van der Waals surface area contributed by atoms with Crippen molar-refractivity contribution in [3.8, 4) is 0 Å². The van der Waals surface area contributed by atoms with Crippen molar-refractivity contribution < 1.29 is 9.50 Å². The van der Waals surface area contributed by atoms with Gasteiger partial charge in [-0.1, -0.05) is 44.4 Å². The largest absolute Gasteiger partial charge is 0.388 e. The zero-order valence-corrected chi connectivity index (χ0v) is 10.4. The summed E-state index contributed by atoms with van der Waals surface area (Å²) in [7, 11) is 0. The number of halogens is 1. The first-order valence-electron chi connectivity index (χ1n) is 6.64. The molecule has 1 aliphatic rings. The van der Waals surface area contributed by atoms with Crippen molar-refractivity contribution in [1.82, 2.24) is 0 Å². The van der Waals surface area contributed by atoms with Crippen LogP contribution in [-0.2, 0) is 0 Å². The van der Waals surface area contributed by atoms with Crippen molar-refractivity contribution >= 4 is 0 Å². The number of benzene rings is 1. The first-order chi connectivity index (χ1) is 8.22. The molecule has 94 valence electrons. The van der Waals surface area contributed by atoms with E-state index in [2.05, 4.69) is 6.92 Å². The van der Waals surface area contributed by atoms with Crippen molar-refractivity contribution in [1.29, 1.82) is 0 Å². The fourth-order valence-corrected chi connectivity index (χ4v) is 2.88. The molecule has 1 fully saturated rings. The summed E-state index contributed by atoms with van der Waals surface area (Å²) in [6.45, 7) is 2.22. The molecular weight excluding hydrogens is 215 g/mol. The van der Waals surface area contributed by atoms with E-state index in [1.165, 1.54) is 25.3 Å². The lowest BCUT2D eigenvalue weighted by Crippen LogP contribution is -2.20. The van der Waals surface area contributed by atoms with E-state index < -0.39 is 6.10 Å². The van der Waals surface area contributed by atoms with Gasteiger partial charge in [0.2, 0.25) is 0 Å². The summed E-state index contributed by atoms with van der Waals surface area (Å²) in [5.41, 5.74) is 0.465. The standard InChI is InChI=1S/C15H21FO/c1-2-11-7-9-12(10-8-11)15(17)13-5-3-4-6-14(13)16/h3-6,11-12,15,17H,2,7-10H2,1H3. The summed E-state index contributed by atoms with van der Waals surface area (Å²) in [5.74, 6) is 0.756. The van der Waals surface area contributed by atoms with Gasteiger partial charge < -0.3 is 5.11 Å². The van der Waals surface area contributed by atoms with Gasteiger partial charge in [-0.3, -0.25) is 0 Å². The Kier molecular flexibility index (Phi) is 4.16. The van der Waals surface area contributed by atoms with Crippen molar-refractivity contribution in [2.75, 3.05) is 0 Å². The lowest BCUT2D eigenvalue weighted by molar-refractivity contribution is 0.0701. The summed E-state index contributed by atoms with van der Waals surface area (Å²) < 4.78 is 13.6. The molecule has 2 rings (SSSR count). The van der Waals surface area contributed by atoms with Gasteiger partial charge in [-0.05, 0) is 30.7 Å². The Balaban J connectivity index is 2.02. The molecule has 0 heterocycles. The molecule has 0 spiro atoms. The number of aliphatic hydroxyl groups excluding tert-OH is 1. The molecule has 1 saturated carbocycles. The smallest absolute Gasteiger partial charge is 0.129 e. The molecule has 1 atom stereocenters. The van der Waals surface area contributed by atoms with Gasteiger partial charge >= 0.3 is 0 Å². The zero-order chi connectivity index (χ0) is 12.3. The first kappa shape index (κ1) is 12.6. The molecule has 2 heteroatoms. The predicted octanol–water partition coefficient (Wildman–Crippen LogP) is 4.08. The summed E-state index contributed by atoms with van der Waals surface area (Å²) in [4.78, 5) is 0. The fourth-order valence-electron chi connectivity index (χ4n) is 2.88. The van der Waals surface area contributed by atoms with Gasteiger partial charge in [0.15, 0.2) is 0 Å². The highest BCUT2D eigenvalue weighted by Gasteiger charge is 2.27. The van der Waals surface area contributed by atoms with E-state index >= 15 is 0 Å². The van der Waals surface area contributed by atoms with Crippen LogP contribution in [0.5, 0.6) is 0 Å². The Hall–Kier alpha value is -0.890. The van der Waals surface area contributed by atoms with Crippen LogP contribution in [0.2, 0.25) is 0 Å². The van der Waals surface area contributed by atoms with E-state index in [4.69, 9.17) is 0 Å². The Labute approximate surface area is 103 Å². The van der Waals surface area contributed by atoms with Crippen LogP contribution in [-0.4, -0.2) is 5.11 Å². The molecule has 1 N–H and O–H groups in total. The average molecular weight is 236 g/mol. The van der Waals surface area contributed by atoms with Crippen LogP contribution in [0.25, 0.3) is 0 Å². The third kappa shape index (κ3) is 2.86. The van der Waals surface area contributed by atoms with Gasteiger partial charge in [-0.15, -0.1) is 0 Å². The average Bonchev–Trinajstić information content (AvgIpc) is 2.39. The minimum Gasteiger partial charge on any atom is -0.388 e. The molecule has 1 aromatic carbocycles. The highest BCUT2D eigenvalue weighted by Crippen LogP contribution is 2.38. The lowest BCUT2D eigenvalue weighted by Gasteiger charge is -2.31. The van der Waals surface area contributed by atoms with Crippen LogP contribution in [0.15, 0.2) is 24.3 Å². The Morgan fingerprint density at radius 2 is 1.88 bits per heavy atom. The first-order valence-corrected chi connectivity index (χ1v) is 6.64. The summed E-state index contributed by atoms with van der Waals surface area (Å²) in [6.07, 6.45) is 4.98. The SMILES string of the molecule is CCC1CCC(C(O)c2ccccc2F)CC1. The second kappa shape index (κ2) is 5.63. The maximum absolute atomic E-state index is 13.6. The Bertz CT molecular complexity index is 356.